The Balaban J connectivity index is 1.20. The zero-order chi connectivity index (χ0) is 20.2. The quantitative estimate of drug-likeness (QED) is 0.711. The van der Waals surface area contributed by atoms with Gasteiger partial charge in [-0.05, 0) is 57.8 Å². The first-order valence-electron chi connectivity index (χ1n) is 10.8. The fourth-order valence-corrected chi connectivity index (χ4v) is 4.47. The lowest BCUT2D eigenvalue weighted by Gasteiger charge is -2.33. The van der Waals surface area contributed by atoms with E-state index in [9.17, 15) is 9.59 Å². The van der Waals surface area contributed by atoms with Crippen LogP contribution in [0.3, 0.4) is 0 Å². The van der Waals surface area contributed by atoms with Gasteiger partial charge < -0.3 is 24.6 Å². The average molecular weight is 402 g/mol. The number of piperidine rings is 1. The number of anilines is 1. The van der Waals surface area contributed by atoms with Crippen molar-refractivity contribution in [1.29, 1.82) is 0 Å². The van der Waals surface area contributed by atoms with Crippen molar-refractivity contribution < 1.29 is 19.1 Å². The van der Waals surface area contributed by atoms with Crippen LogP contribution in [0.2, 0.25) is 0 Å². The molecule has 4 rings (SSSR count). The Hall–Kier alpha value is -2.28. The van der Waals surface area contributed by atoms with Crippen LogP contribution < -0.4 is 19.7 Å². The van der Waals surface area contributed by atoms with Crippen molar-refractivity contribution in [2.75, 3.05) is 37.9 Å². The number of hydrogen-bond acceptors (Lipinski definition) is 5. The Bertz CT molecular complexity index is 754. The van der Waals surface area contributed by atoms with Crippen molar-refractivity contribution in [1.82, 2.24) is 10.2 Å². The third-order valence-electron chi connectivity index (χ3n) is 6.28. The maximum absolute atomic E-state index is 12.5. The maximum atomic E-state index is 12.5. The molecule has 3 aliphatic rings. The Labute approximate surface area is 172 Å². The van der Waals surface area contributed by atoms with Crippen LogP contribution >= 0.6 is 0 Å². The first-order valence-corrected chi connectivity index (χ1v) is 10.8. The molecule has 158 valence electrons. The lowest BCUT2D eigenvalue weighted by atomic mass is 10.0. The molecule has 2 fully saturated rings. The second-order valence-electron chi connectivity index (χ2n) is 8.32. The molecule has 2 atom stereocenters. The van der Waals surface area contributed by atoms with Gasteiger partial charge in [-0.25, -0.2) is 0 Å². The number of benzene rings is 1. The van der Waals surface area contributed by atoms with E-state index >= 15 is 0 Å². The first-order chi connectivity index (χ1) is 14.1. The highest BCUT2D eigenvalue weighted by Gasteiger charge is 2.35. The molecule has 3 heterocycles. The molecule has 1 aromatic rings. The van der Waals surface area contributed by atoms with Crippen LogP contribution in [0.5, 0.6) is 11.5 Å². The Morgan fingerprint density at radius 1 is 1.21 bits per heavy atom. The largest absolute Gasteiger partial charge is 0.454 e. The van der Waals surface area contributed by atoms with E-state index in [-0.39, 0.29) is 30.9 Å². The second kappa shape index (κ2) is 9.03. The van der Waals surface area contributed by atoms with Gasteiger partial charge in [-0.3, -0.25) is 9.59 Å². The van der Waals surface area contributed by atoms with E-state index < -0.39 is 0 Å². The summed E-state index contributed by atoms with van der Waals surface area (Å²) >= 11 is 0. The van der Waals surface area contributed by atoms with Gasteiger partial charge in [-0.1, -0.05) is 6.42 Å². The molecular formula is C22H31N3O4. The summed E-state index contributed by atoms with van der Waals surface area (Å²) in [6, 6.07) is 6.14. The Kier molecular flexibility index (Phi) is 6.23. The number of rotatable bonds is 7. The number of fused-ring (bicyclic) bond motifs is 1. The van der Waals surface area contributed by atoms with Crippen LogP contribution in [-0.4, -0.2) is 55.7 Å². The highest BCUT2D eigenvalue weighted by atomic mass is 16.7. The summed E-state index contributed by atoms with van der Waals surface area (Å²) in [7, 11) is 0. The summed E-state index contributed by atoms with van der Waals surface area (Å²) in [5.41, 5.74) is 0.755. The Morgan fingerprint density at radius 2 is 2.07 bits per heavy atom. The lowest BCUT2D eigenvalue weighted by Crippen LogP contribution is -2.38. The fraction of sp³-hybridized carbons (Fsp3) is 0.636. The summed E-state index contributed by atoms with van der Waals surface area (Å²) in [5, 5.41) is 3.03. The number of nitrogens with zero attached hydrogens (tertiary/aromatic N) is 2. The van der Waals surface area contributed by atoms with Gasteiger partial charge in [0.2, 0.25) is 18.6 Å². The van der Waals surface area contributed by atoms with Crippen LogP contribution in [0.15, 0.2) is 18.2 Å². The molecule has 2 saturated heterocycles. The molecule has 0 radical (unpaired) electrons. The number of hydrogen-bond donors (Lipinski definition) is 1. The molecule has 1 N–H and O–H groups in total. The van der Waals surface area contributed by atoms with Crippen LogP contribution in [-0.2, 0) is 9.59 Å². The lowest BCUT2D eigenvalue weighted by molar-refractivity contribution is -0.126. The molecule has 7 nitrogen and oxygen atoms in total. The zero-order valence-electron chi connectivity index (χ0n) is 17.2. The van der Waals surface area contributed by atoms with Crippen molar-refractivity contribution in [2.24, 2.45) is 5.92 Å². The van der Waals surface area contributed by atoms with E-state index in [0.717, 1.165) is 25.1 Å². The molecule has 7 heteroatoms. The van der Waals surface area contributed by atoms with E-state index in [1.165, 1.54) is 25.8 Å². The molecule has 2 amide bonds. The maximum Gasteiger partial charge on any atom is 0.231 e. The molecule has 3 aliphatic heterocycles. The standard InChI is InChI=1S/C22H31N3O4/c1-16-6-2-4-10-24(16)11-5-3-9-23-22(27)17-12-21(26)25(14-17)18-7-8-19-20(13-18)29-15-28-19/h7-8,13,16-17H,2-6,9-12,14-15H2,1H3,(H,23,27). The van der Waals surface area contributed by atoms with Gasteiger partial charge in [-0.2, -0.15) is 0 Å². The van der Waals surface area contributed by atoms with E-state index in [2.05, 4.69) is 17.1 Å². The van der Waals surface area contributed by atoms with E-state index in [0.29, 0.717) is 30.6 Å². The minimum atomic E-state index is -0.296. The van der Waals surface area contributed by atoms with Crippen molar-refractivity contribution in [3.8, 4) is 11.5 Å². The second-order valence-corrected chi connectivity index (χ2v) is 8.32. The van der Waals surface area contributed by atoms with Crippen molar-refractivity contribution in [3.63, 3.8) is 0 Å². The number of likely N-dealkylation sites (tertiary alicyclic amines) is 1. The molecular weight excluding hydrogens is 370 g/mol. The van der Waals surface area contributed by atoms with Crippen LogP contribution in [0, 0.1) is 5.92 Å². The Morgan fingerprint density at radius 3 is 2.93 bits per heavy atom. The van der Waals surface area contributed by atoms with Gasteiger partial charge in [0.25, 0.3) is 0 Å². The summed E-state index contributed by atoms with van der Waals surface area (Å²) in [4.78, 5) is 29.2. The van der Waals surface area contributed by atoms with Gasteiger partial charge in [0.15, 0.2) is 11.5 Å². The van der Waals surface area contributed by atoms with E-state index in [1.807, 2.05) is 18.2 Å². The van der Waals surface area contributed by atoms with E-state index in [1.54, 1.807) is 4.90 Å². The summed E-state index contributed by atoms with van der Waals surface area (Å²) in [5.74, 6) is 0.992. The van der Waals surface area contributed by atoms with Crippen molar-refractivity contribution in [2.45, 2.75) is 51.5 Å². The number of carbonyl (C=O) groups excluding carboxylic acids is 2. The minimum absolute atomic E-state index is 0.0204. The van der Waals surface area contributed by atoms with E-state index in [4.69, 9.17) is 9.47 Å². The third-order valence-corrected chi connectivity index (χ3v) is 6.28. The number of nitrogens with one attached hydrogen (secondary N) is 1. The van der Waals surface area contributed by atoms with Gasteiger partial charge in [0, 0.05) is 37.3 Å². The molecule has 2 unspecified atom stereocenters. The van der Waals surface area contributed by atoms with Gasteiger partial charge in [-0.15, -0.1) is 0 Å². The number of carbonyl (C=O) groups is 2. The highest BCUT2D eigenvalue weighted by molar-refractivity contribution is 6.00. The number of amides is 2. The van der Waals surface area contributed by atoms with Gasteiger partial charge in [0.1, 0.15) is 0 Å². The molecule has 0 spiro atoms. The zero-order valence-corrected chi connectivity index (χ0v) is 17.2. The molecule has 0 bridgehead atoms. The van der Waals surface area contributed by atoms with Gasteiger partial charge >= 0.3 is 0 Å². The minimum Gasteiger partial charge on any atom is -0.454 e. The van der Waals surface area contributed by atoms with Crippen molar-refractivity contribution in [3.05, 3.63) is 18.2 Å². The SMILES string of the molecule is CC1CCCCN1CCCCNC(=O)C1CC(=O)N(c2ccc3c(c2)OCO3)C1. The normalized spacial score (nSPS) is 24.2. The fourth-order valence-electron chi connectivity index (χ4n) is 4.47. The van der Waals surface area contributed by atoms with Crippen LogP contribution in [0.1, 0.15) is 45.4 Å². The predicted octanol–water partition coefficient (Wildman–Crippen LogP) is 2.54. The monoisotopic (exact) mass is 401 g/mol. The molecule has 0 aliphatic carbocycles. The first kappa shape index (κ1) is 20.0. The van der Waals surface area contributed by atoms with Crippen LogP contribution in [0.4, 0.5) is 5.69 Å². The topological polar surface area (TPSA) is 71.1 Å². The summed E-state index contributed by atoms with van der Waals surface area (Å²) < 4.78 is 10.7. The third kappa shape index (κ3) is 4.66. The highest BCUT2D eigenvalue weighted by Crippen LogP contribution is 2.37. The smallest absolute Gasteiger partial charge is 0.231 e. The molecule has 29 heavy (non-hydrogen) atoms. The number of ether oxygens (including phenoxy) is 2. The average Bonchev–Trinajstić information content (AvgIpc) is 3.34. The van der Waals surface area contributed by atoms with Crippen LogP contribution in [0.25, 0.3) is 0 Å². The predicted molar refractivity (Wildman–Crippen MR) is 110 cm³/mol. The number of unbranched alkanes of at least 4 members (excludes halogenated alkanes) is 1. The molecule has 0 aromatic heterocycles. The summed E-state index contributed by atoms with van der Waals surface area (Å²) in [6.07, 6.45) is 6.27. The molecule has 0 saturated carbocycles. The molecule has 1 aromatic carbocycles. The summed E-state index contributed by atoms with van der Waals surface area (Å²) in [6.45, 7) is 5.91. The van der Waals surface area contributed by atoms with Crippen molar-refractivity contribution >= 4 is 17.5 Å². The van der Waals surface area contributed by atoms with Gasteiger partial charge in [0.05, 0.1) is 5.92 Å².